The highest BCUT2D eigenvalue weighted by Crippen LogP contribution is 2.38. The van der Waals surface area contributed by atoms with Gasteiger partial charge in [-0.25, -0.2) is 4.39 Å². The van der Waals surface area contributed by atoms with Crippen molar-refractivity contribution in [3.05, 3.63) is 34.1 Å². The van der Waals surface area contributed by atoms with Crippen LogP contribution in [-0.2, 0) is 4.74 Å². The van der Waals surface area contributed by atoms with Gasteiger partial charge in [-0.1, -0.05) is 28.9 Å². The van der Waals surface area contributed by atoms with E-state index in [-0.39, 0.29) is 16.7 Å². The van der Waals surface area contributed by atoms with E-state index < -0.39 is 0 Å². The van der Waals surface area contributed by atoms with Crippen LogP contribution in [0.3, 0.4) is 0 Å². The molecular formula is C12H13Br2FO. The fourth-order valence-corrected chi connectivity index (χ4v) is 3.32. The Kier molecular flexibility index (Phi) is 4.03. The second kappa shape index (κ2) is 5.15. The molecule has 3 atom stereocenters. The number of hydrogen-bond donors (Lipinski definition) is 0. The highest BCUT2D eigenvalue weighted by molar-refractivity contribution is 9.10. The molecule has 1 heterocycles. The molecule has 0 bridgehead atoms. The van der Waals surface area contributed by atoms with Gasteiger partial charge in [0.25, 0.3) is 0 Å². The zero-order valence-corrected chi connectivity index (χ0v) is 12.1. The average molecular weight is 352 g/mol. The minimum atomic E-state index is -0.233. The summed E-state index contributed by atoms with van der Waals surface area (Å²) < 4.78 is 19.3. The summed E-state index contributed by atoms with van der Waals surface area (Å²) in [5.74, 6) is 0.303. The van der Waals surface area contributed by atoms with Crippen molar-refractivity contribution in [2.75, 3.05) is 6.61 Å². The molecule has 2 rings (SSSR count). The summed E-state index contributed by atoms with van der Waals surface area (Å²) in [6.07, 6.45) is 1.27. The van der Waals surface area contributed by atoms with Crippen molar-refractivity contribution in [2.24, 2.45) is 5.92 Å². The second-order valence-corrected chi connectivity index (χ2v) is 6.02. The van der Waals surface area contributed by atoms with E-state index in [4.69, 9.17) is 4.74 Å². The summed E-state index contributed by atoms with van der Waals surface area (Å²) >= 11 is 6.85. The van der Waals surface area contributed by atoms with Crippen LogP contribution in [0.15, 0.2) is 22.7 Å². The Bertz CT molecular complexity index is 383. The van der Waals surface area contributed by atoms with E-state index >= 15 is 0 Å². The van der Waals surface area contributed by atoms with Crippen LogP contribution in [0.1, 0.15) is 23.7 Å². The van der Waals surface area contributed by atoms with Crippen molar-refractivity contribution in [1.29, 1.82) is 0 Å². The third-order valence-corrected chi connectivity index (χ3v) is 4.65. The molecule has 1 saturated heterocycles. The standard InChI is InChI=1S/C12H13Br2FO/c1-7-4-5-16-12(7)11(14)8-2-3-10(15)9(13)6-8/h2-3,6-7,11-12H,4-5H2,1H3. The summed E-state index contributed by atoms with van der Waals surface area (Å²) in [6, 6.07) is 5.09. The fraction of sp³-hybridized carbons (Fsp3) is 0.500. The molecule has 0 saturated carbocycles. The molecule has 1 aromatic rings. The molecule has 88 valence electrons. The van der Waals surface area contributed by atoms with Gasteiger partial charge in [-0.2, -0.15) is 0 Å². The van der Waals surface area contributed by atoms with Crippen molar-refractivity contribution in [2.45, 2.75) is 24.3 Å². The Morgan fingerprint density at radius 3 is 2.81 bits per heavy atom. The Morgan fingerprint density at radius 2 is 2.25 bits per heavy atom. The lowest BCUT2D eigenvalue weighted by Gasteiger charge is -2.21. The van der Waals surface area contributed by atoms with Crippen LogP contribution in [0.25, 0.3) is 0 Å². The predicted octanol–water partition coefficient (Wildman–Crippen LogP) is 4.45. The number of hydrogen-bond acceptors (Lipinski definition) is 1. The minimum absolute atomic E-state index is 0.127. The first-order valence-corrected chi connectivity index (χ1v) is 7.01. The number of halogens is 3. The highest BCUT2D eigenvalue weighted by Gasteiger charge is 2.31. The van der Waals surface area contributed by atoms with E-state index in [1.54, 1.807) is 6.07 Å². The first kappa shape index (κ1) is 12.5. The quantitative estimate of drug-likeness (QED) is 0.715. The number of rotatable bonds is 2. The molecule has 0 N–H and O–H groups in total. The van der Waals surface area contributed by atoms with E-state index in [1.807, 2.05) is 6.07 Å². The van der Waals surface area contributed by atoms with E-state index in [9.17, 15) is 4.39 Å². The van der Waals surface area contributed by atoms with Gasteiger partial charge < -0.3 is 4.74 Å². The predicted molar refractivity (Wildman–Crippen MR) is 69.3 cm³/mol. The molecule has 0 radical (unpaired) electrons. The molecule has 0 aromatic heterocycles. The summed E-state index contributed by atoms with van der Waals surface area (Å²) in [4.78, 5) is 0.127. The van der Waals surface area contributed by atoms with Gasteiger partial charge in [-0.3, -0.25) is 0 Å². The van der Waals surface area contributed by atoms with Crippen LogP contribution in [0.5, 0.6) is 0 Å². The number of ether oxygens (including phenoxy) is 1. The van der Waals surface area contributed by atoms with Crippen LogP contribution < -0.4 is 0 Å². The van der Waals surface area contributed by atoms with Gasteiger partial charge in [-0.15, -0.1) is 0 Å². The summed E-state index contributed by atoms with van der Waals surface area (Å²) in [5, 5.41) is 0. The summed E-state index contributed by atoms with van der Waals surface area (Å²) in [6.45, 7) is 3.00. The Morgan fingerprint density at radius 1 is 1.50 bits per heavy atom. The molecule has 16 heavy (non-hydrogen) atoms. The minimum Gasteiger partial charge on any atom is -0.376 e. The summed E-state index contributed by atoms with van der Waals surface area (Å²) in [5.41, 5.74) is 1.05. The van der Waals surface area contributed by atoms with Crippen molar-refractivity contribution < 1.29 is 9.13 Å². The maximum atomic E-state index is 13.1. The molecule has 1 aliphatic rings. The monoisotopic (exact) mass is 350 g/mol. The van der Waals surface area contributed by atoms with Gasteiger partial charge in [0.15, 0.2) is 0 Å². The van der Waals surface area contributed by atoms with E-state index in [0.29, 0.717) is 10.4 Å². The van der Waals surface area contributed by atoms with Crippen LogP contribution >= 0.6 is 31.9 Å². The largest absolute Gasteiger partial charge is 0.376 e. The summed E-state index contributed by atoms with van der Waals surface area (Å²) in [7, 11) is 0. The second-order valence-electron chi connectivity index (χ2n) is 4.18. The zero-order valence-electron chi connectivity index (χ0n) is 8.92. The lowest BCUT2D eigenvalue weighted by molar-refractivity contribution is 0.0935. The Balaban J connectivity index is 2.20. The van der Waals surface area contributed by atoms with Gasteiger partial charge >= 0.3 is 0 Å². The molecule has 1 nitrogen and oxygen atoms in total. The molecule has 1 fully saturated rings. The van der Waals surface area contributed by atoms with Gasteiger partial charge in [0.05, 0.1) is 15.4 Å². The van der Waals surface area contributed by atoms with Crippen molar-refractivity contribution in [3.8, 4) is 0 Å². The molecule has 0 amide bonds. The zero-order chi connectivity index (χ0) is 11.7. The molecular weight excluding hydrogens is 339 g/mol. The van der Waals surface area contributed by atoms with Gasteiger partial charge in [-0.05, 0) is 46.0 Å². The SMILES string of the molecule is CC1CCOC1C(Br)c1ccc(F)c(Br)c1. The molecule has 4 heteroatoms. The van der Waals surface area contributed by atoms with Gasteiger partial charge in [0.1, 0.15) is 5.82 Å². The van der Waals surface area contributed by atoms with Crippen molar-refractivity contribution in [3.63, 3.8) is 0 Å². The number of benzene rings is 1. The highest BCUT2D eigenvalue weighted by atomic mass is 79.9. The maximum Gasteiger partial charge on any atom is 0.137 e. The van der Waals surface area contributed by atoms with Crippen LogP contribution in [-0.4, -0.2) is 12.7 Å². The van der Waals surface area contributed by atoms with Crippen LogP contribution in [0.2, 0.25) is 0 Å². The first-order chi connectivity index (χ1) is 7.59. The smallest absolute Gasteiger partial charge is 0.137 e. The topological polar surface area (TPSA) is 9.23 Å². The fourth-order valence-electron chi connectivity index (χ4n) is 1.97. The van der Waals surface area contributed by atoms with Crippen molar-refractivity contribution in [1.82, 2.24) is 0 Å². The average Bonchev–Trinajstić information content (AvgIpc) is 2.67. The normalized spacial score (nSPS) is 27.0. The maximum absolute atomic E-state index is 13.1. The number of alkyl halides is 1. The molecule has 1 aliphatic heterocycles. The third kappa shape index (κ3) is 2.49. The van der Waals surface area contributed by atoms with Crippen molar-refractivity contribution >= 4 is 31.9 Å². The first-order valence-electron chi connectivity index (χ1n) is 5.30. The third-order valence-electron chi connectivity index (χ3n) is 2.99. The van der Waals surface area contributed by atoms with Crippen LogP contribution in [0.4, 0.5) is 4.39 Å². The lowest BCUT2D eigenvalue weighted by atomic mass is 9.97. The van der Waals surface area contributed by atoms with E-state index in [1.165, 1.54) is 6.07 Å². The van der Waals surface area contributed by atoms with Gasteiger partial charge in [0, 0.05) is 6.61 Å². The Labute approximate surface area is 112 Å². The lowest BCUT2D eigenvalue weighted by Crippen LogP contribution is -2.19. The molecule has 0 aliphatic carbocycles. The van der Waals surface area contributed by atoms with Crippen LogP contribution in [0, 0.1) is 11.7 Å². The molecule has 0 spiro atoms. The molecule has 1 aromatic carbocycles. The van der Waals surface area contributed by atoms with E-state index in [2.05, 4.69) is 38.8 Å². The van der Waals surface area contributed by atoms with E-state index in [0.717, 1.165) is 18.6 Å². The molecule has 3 unspecified atom stereocenters. The van der Waals surface area contributed by atoms with Gasteiger partial charge in [0.2, 0.25) is 0 Å². The Hall–Kier alpha value is 0.0700.